The van der Waals surface area contributed by atoms with Crippen LogP contribution in [0.25, 0.3) is 0 Å². The maximum absolute atomic E-state index is 12.6. The molecule has 19 heavy (non-hydrogen) atoms. The van der Waals surface area contributed by atoms with Crippen LogP contribution in [0.5, 0.6) is 0 Å². The molecular weight excluding hydrogens is 253 g/mol. The number of anilines is 2. The van der Waals surface area contributed by atoms with Gasteiger partial charge in [0, 0.05) is 13.1 Å². The lowest BCUT2D eigenvalue weighted by atomic mass is 9.95. The van der Waals surface area contributed by atoms with E-state index in [9.17, 15) is 13.2 Å². The van der Waals surface area contributed by atoms with Crippen molar-refractivity contribution in [2.75, 3.05) is 23.7 Å². The van der Waals surface area contributed by atoms with Gasteiger partial charge in [-0.3, -0.25) is 0 Å². The van der Waals surface area contributed by atoms with Crippen molar-refractivity contribution in [1.82, 2.24) is 0 Å². The van der Waals surface area contributed by atoms with Crippen LogP contribution in [0, 0.1) is 11.8 Å². The minimum Gasteiger partial charge on any atom is -0.397 e. The van der Waals surface area contributed by atoms with Gasteiger partial charge in [0.15, 0.2) is 0 Å². The van der Waals surface area contributed by atoms with Crippen molar-refractivity contribution in [3.8, 4) is 0 Å². The fraction of sp³-hybridized carbons (Fsp3) is 0.571. The second-order valence-electron chi connectivity index (χ2n) is 5.51. The molecule has 1 unspecified atom stereocenters. The molecule has 1 aromatic carbocycles. The van der Waals surface area contributed by atoms with Gasteiger partial charge >= 0.3 is 6.18 Å². The molecule has 0 amide bonds. The highest BCUT2D eigenvalue weighted by Crippen LogP contribution is 2.36. The van der Waals surface area contributed by atoms with E-state index in [0.29, 0.717) is 11.8 Å². The number of hydrogen-bond donors (Lipinski definition) is 1. The molecule has 106 valence electrons. The van der Waals surface area contributed by atoms with Crippen LogP contribution < -0.4 is 10.6 Å². The molecule has 0 saturated carbocycles. The molecule has 1 saturated heterocycles. The molecular formula is C14H19F3N2. The standard InChI is InChI=1S/C14H19F3N2/c1-9(2)10-5-6-19(8-10)13-4-3-11(7-12(13)18)14(15,16)17/h3-4,7,9-10H,5-6,8,18H2,1-2H3. The summed E-state index contributed by atoms with van der Waals surface area (Å²) in [4.78, 5) is 2.08. The molecule has 1 atom stereocenters. The monoisotopic (exact) mass is 272 g/mol. The van der Waals surface area contributed by atoms with E-state index in [1.165, 1.54) is 6.07 Å². The van der Waals surface area contributed by atoms with Crippen LogP contribution in [0.15, 0.2) is 18.2 Å². The lowest BCUT2D eigenvalue weighted by molar-refractivity contribution is -0.137. The molecule has 0 aromatic heterocycles. The Labute approximate surface area is 111 Å². The summed E-state index contributed by atoms with van der Waals surface area (Å²) in [6.45, 7) is 6.07. The predicted octanol–water partition coefficient (Wildman–Crippen LogP) is 3.77. The molecule has 0 bridgehead atoms. The minimum atomic E-state index is -4.34. The number of nitrogens with zero attached hydrogens (tertiary/aromatic N) is 1. The Bertz CT molecular complexity index is 454. The summed E-state index contributed by atoms with van der Waals surface area (Å²) in [5.41, 5.74) is 6.02. The summed E-state index contributed by atoms with van der Waals surface area (Å²) in [6, 6.07) is 3.62. The Morgan fingerprint density at radius 3 is 2.47 bits per heavy atom. The molecule has 1 heterocycles. The third kappa shape index (κ3) is 2.96. The lowest BCUT2D eigenvalue weighted by Crippen LogP contribution is -2.22. The Kier molecular flexibility index (Phi) is 3.65. The zero-order valence-corrected chi connectivity index (χ0v) is 11.2. The first-order valence-electron chi connectivity index (χ1n) is 6.50. The first kappa shape index (κ1) is 14.0. The van der Waals surface area contributed by atoms with Gasteiger partial charge in [0.2, 0.25) is 0 Å². The molecule has 1 aromatic rings. The summed E-state index contributed by atoms with van der Waals surface area (Å²) < 4.78 is 37.7. The number of hydrogen-bond acceptors (Lipinski definition) is 2. The van der Waals surface area contributed by atoms with Crippen molar-refractivity contribution in [3.63, 3.8) is 0 Å². The number of alkyl halides is 3. The first-order chi connectivity index (χ1) is 8.79. The molecule has 0 aliphatic carbocycles. The molecule has 1 aliphatic rings. The highest BCUT2D eigenvalue weighted by atomic mass is 19.4. The van der Waals surface area contributed by atoms with E-state index < -0.39 is 11.7 Å². The number of rotatable bonds is 2. The van der Waals surface area contributed by atoms with Gasteiger partial charge in [0.1, 0.15) is 0 Å². The van der Waals surface area contributed by atoms with Crippen LogP contribution in [0.2, 0.25) is 0 Å². The Morgan fingerprint density at radius 1 is 1.32 bits per heavy atom. The molecule has 5 heteroatoms. The molecule has 0 spiro atoms. The van der Waals surface area contributed by atoms with Gasteiger partial charge in [-0.25, -0.2) is 0 Å². The predicted molar refractivity (Wildman–Crippen MR) is 71.0 cm³/mol. The summed E-state index contributed by atoms with van der Waals surface area (Å²) >= 11 is 0. The van der Waals surface area contributed by atoms with Crippen molar-refractivity contribution in [2.24, 2.45) is 11.8 Å². The molecule has 0 radical (unpaired) electrons. The highest BCUT2D eigenvalue weighted by molar-refractivity contribution is 5.69. The van der Waals surface area contributed by atoms with Crippen LogP contribution in [0.4, 0.5) is 24.5 Å². The summed E-state index contributed by atoms with van der Waals surface area (Å²) in [5, 5.41) is 0. The van der Waals surface area contributed by atoms with Crippen LogP contribution in [0.3, 0.4) is 0 Å². The van der Waals surface area contributed by atoms with Gasteiger partial charge in [0.05, 0.1) is 16.9 Å². The third-order valence-corrected chi connectivity index (χ3v) is 3.86. The second kappa shape index (κ2) is 4.94. The van der Waals surface area contributed by atoms with Gasteiger partial charge in [0.25, 0.3) is 0 Å². The van der Waals surface area contributed by atoms with Gasteiger partial charge in [-0.2, -0.15) is 13.2 Å². The Balaban J connectivity index is 2.19. The molecule has 2 rings (SSSR count). The van der Waals surface area contributed by atoms with E-state index in [1.54, 1.807) is 0 Å². The SMILES string of the molecule is CC(C)C1CCN(c2ccc(C(F)(F)F)cc2N)C1. The summed E-state index contributed by atoms with van der Waals surface area (Å²) in [7, 11) is 0. The number of nitrogens with two attached hydrogens (primary N) is 1. The second-order valence-corrected chi connectivity index (χ2v) is 5.51. The molecule has 2 nitrogen and oxygen atoms in total. The normalized spacial score (nSPS) is 20.3. The third-order valence-electron chi connectivity index (χ3n) is 3.86. The lowest BCUT2D eigenvalue weighted by Gasteiger charge is -2.22. The van der Waals surface area contributed by atoms with Crippen LogP contribution in [0.1, 0.15) is 25.8 Å². The molecule has 1 fully saturated rings. The van der Waals surface area contributed by atoms with Crippen molar-refractivity contribution >= 4 is 11.4 Å². The summed E-state index contributed by atoms with van der Waals surface area (Å²) in [6.07, 6.45) is -3.27. The average molecular weight is 272 g/mol. The number of benzene rings is 1. The Hall–Kier alpha value is -1.39. The van der Waals surface area contributed by atoms with E-state index in [4.69, 9.17) is 5.73 Å². The van der Waals surface area contributed by atoms with Gasteiger partial charge in [-0.15, -0.1) is 0 Å². The quantitative estimate of drug-likeness (QED) is 0.830. The molecule has 1 aliphatic heterocycles. The minimum absolute atomic E-state index is 0.208. The zero-order chi connectivity index (χ0) is 14.2. The Morgan fingerprint density at radius 2 is 2.00 bits per heavy atom. The van der Waals surface area contributed by atoms with Crippen LogP contribution >= 0.6 is 0 Å². The first-order valence-corrected chi connectivity index (χ1v) is 6.50. The van der Waals surface area contributed by atoms with E-state index >= 15 is 0 Å². The van der Waals surface area contributed by atoms with Gasteiger partial charge < -0.3 is 10.6 Å². The van der Waals surface area contributed by atoms with Gasteiger partial charge in [-0.05, 0) is 36.5 Å². The largest absolute Gasteiger partial charge is 0.416 e. The van der Waals surface area contributed by atoms with Crippen molar-refractivity contribution in [1.29, 1.82) is 0 Å². The number of nitrogen functional groups attached to an aromatic ring is 1. The van der Waals surface area contributed by atoms with Crippen LogP contribution in [-0.2, 0) is 6.18 Å². The van der Waals surface area contributed by atoms with E-state index in [2.05, 4.69) is 18.7 Å². The average Bonchev–Trinajstić information content (AvgIpc) is 2.76. The highest BCUT2D eigenvalue weighted by Gasteiger charge is 2.32. The maximum atomic E-state index is 12.6. The van der Waals surface area contributed by atoms with Gasteiger partial charge in [-0.1, -0.05) is 13.8 Å². The maximum Gasteiger partial charge on any atom is 0.416 e. The van der Waals surface area contributed by atoms with Crippen LogP contribution in [-0.4, -0.2) is 13.1 Å². The van der Waals surface area contributed by atoms with Crippen molar-refractivity contribution < 1.29 is 13.2 Å². The summed E-state index contributed by atoms with van der Waals surface area (Å²) in [5.74, 6) is 1.17. The van der Waals surface area contributed by atoms with E-state index in [1.807, 2.05) is 0 Å². The van der Waals surface area contributed by atoms with Crippen molar-refractivity contribution in [3.05, 3.63) is 23.8 Å². The van der Waals surface area contributed by atoms with Crippen molar-refractivity contribution in [2.45, 2.75) is 26.4 Å². The van der Waals surface area contributed by atoms with E-state index in [0.717, 1.165) is 37.3 Å². The smallest absolute Gasteiger partial charge is 0.397 e. The number of halogens is 3. The fourth-order valence-electron chi connectivity index (χ4n) is 2.57. The molecule has 2 N–H and O–H groups in total. The zero-order valence-electron chi connectivity index (χ0n) is 11.2. The van der Waals surface area contributed by atoms with E-state index in [-0.39, 0.29) is 5.69 Å². The topological polar surface area (TPSA) is 29.3 Å². The fourth-order valence-corrected chi connectivity index (χ4v) is 2.57.